The molecule has 1 aromatic rings. The molecule has 13 heteroatoms. The summed E-state index contributed by atoms with van der Waals surface area (Å²) < 4.78 is 44.2. The van der Waals surface area contributed by atoms with Gasteiger partial charge in [-0.15, -0.1) is 0 Å². The second-order valence-corrected chi connectivity index (χ2v) is 12.4. The number of halogens is 3. The third kappa shape index (κ3) is 4.58. The summed E-state index contributed by atoms with van der Waals surface area (Å²) >= 11 is 0. The molecular formula is C29H36F3N3O7. The molecule has 0 fully saturated rings. The summed E-state index contributed by atoms with van der Waals surface area (Å²) in [5, 5.41) is 44.7. The highest BCUT2D eigenvalue weighted by molar-refractivity contribution is 6.24. The van der Waals surface area contributed by atoms with Gasteiger partial charge in [0.2, 0.25) is 5.78 Å². The van der Waals surface area contributed by atoms with E-state index in [1.807, 2.05) is 20.8 Å². The van der Waals surface area contributed by atoms with Crippen molar-refractivity contribution in [2.75, 3.05) is 20.6 Å². The number of phenols is 1. The summed E-state index contributed by atoms with van der Waals surface area (Å²) in [7, 11) is 2.93. The first-order chi connectivity index (χ1) is 19.2. The quantitative estimate of drug-likeness (QED) is 0.322. The number of aliphatic hydroxyl groups is 3. The maximum atomic E-state index is 14.7. The number of rotatable bonds is 5. The lowest BCUT2D eigenvalue weighted by atomic mass is 9.58. The Bertz CT molecular complexity index is 1440. The van der Waals surface area contributed by atoms with E-state index in [-0.39, 0.29) is 18.5 Å². The average Bonchev–Trinajstić information content (AvgIpc) is 2.82. The zero-order valence-electron chi connectivity index (χ0n) is 24.3. The second kappa shape index (κ2) is 10.1. The van der Waals surface area contributed by atoms with Gasteiger partial charge in [-0.25, -0.2) is 0 Å². The number of Topliss-reactive ketones (excluding diaryl/α,β-unsaturated/α-hetero) is 2. The molecule has 4 rings (SSSR count). The Hall–Kier alpha value is -3.42. The van der Waals surface area contributed by atoms with Gasteiger partial charge in [-0.2, -0.15) is 13.2 Å². The van der Waals surface area contributed by atoms with E-state index in [1.165, 1.54) is 19.0 Å². The number of benzene rings is 1. The molecule has 0 saturated heterocycles. The van der Waals surface area contributed by atoms with Crippen LogP contribution < -0.4 is 5.73 Å². The van der Waals surface area contributed by atoms with Crippen molar-refractivity contribution in [1.29, 1.82) is 0 Å². The van der Waals surface area contributed by atoms with Crippen molar-refractivity contribution in [3.8, 4) is 5.75 Å². The maximum absolute atomic E-state index is 14.7. The Labute approximate surface area is 240 Å². The van der Waals surface area contributed by atoms with Crippen molar-refractivity contribution in [1.82, 2.24) is 9.80 Å². The van der Waals surface area contributed by atoms with Gasteiger partial charge in [0.1, 0.15) is 22.8 Å². The van der Waals surface area contributed by atoms with Crippen LogP contribution in [0.2, 0.25) is 0 Å². The number of aromatic hydroxyl groups is 1. The molecule has 0 radical (unpaired) electrons. The molecule has 0 heterocycles. The Morgan fingerprint density at radius 2 is 1.74 bits per heavy atom. The summed E-state index contributed by atoms with van der Waals surface area (Å²) in [6.45, 7) is 7.56. The fourth-order valence-corrected chi connectivity index (χ4v) is 6.90. The van der Waals surface area contributed by atoms with Gasteiger partial charge in [-0.3, -0.25) is 24.2 Å². The van der Waals surface area contributed by atoms with Gasteiger partial charge < -0.3 is 26.2 Å². The van der Waals surface area contributed by atoms with E-state index >= 15 is 0 Å². The van der Waals surface area contributed by atoms with Crippen LogP contribution in [-0.4, -0.2) is 85.5 Å². The number of carbonyl (C=O) groups is 3. The van der Waals surface area contributed by atoms with Crippen LogP contribution in [0.3, 0.4) is 0 Å². The summed E-state index contributed by atoms with van der Waals surface area (Å²) in [6.07, 6.45) is -5.67. The summed E-state index contributed by atoms with van der Waals surface area (Å²) in [5.41, 5.74) is -1.96. The molecule has 1 aromatic carbocycles. The highest BCUT2D eigenvalue weighted by atomic mass is 19.4. The molecule has 0 bridgehead atoms. The fraction of sp³-hybridized carbons (Fsp3) is 0.552. The van der Waals surface area contributed by atoms with Gasteiger partial charge >= 0.3 is 6.18 Å². The van der Waals surface area contributed by atoms with Gasteiger partial charge in [0.15, 0.2) is 11.4 Å². The number of hydrogen-bond acceptors (Lipinski definition) is 9. The molecule has 0 saturated carbocycles. The van der Waals surface area contributed by atoms with Crippen LogP contribution >= 0.6 is 0 Å². The molecule has 42 heavy (non-hydrogen) atoms. The molecule has 0 aromatic heterocycles. The van der Waals surface area contributed by atoms with Gasteiger partial charge in [0.05, 0.1) is 17.2 Å². The van der Waals surface area contributed by atoms with E-state index in [4.69, 9.17) is 5.73 Å². The molecule has 0 aliphatic heterocycles. The fourth-order valence-electron chi connectivity index (χ4n) is 6.90. The van der Waals surface area contributed by atoms with Crippen molar-refractivity contribution in [3.05, 3.63) is 51.0 Å². The largest absolute Gasteiger partial charge is 0.510 e. The first-order valence-electron chi connectivity index (χ1n) is 13.5. The first kappa shape index (κ1) is 31.5. The van der Waals surface area contributed by atoms with Crippen LogP contribution in [0.1, 0.15) is 61.2 Å². The zero-order valence-corrected chi connectivity index (χ0v) is 24.3. The summed E-state index contributed by atoms with van der Waals surface area (Å²) in [6, 6.07) is -0.353. The minimum absolute atomic E-state index is 0.170. The molecule has 4 atom stereocenters. The van der Waals surface area contributed by atoms with E-state index in [2.05, 4.69) is 0 Å². The lowest BCUT2D eigenvalue weighted by Crippen LogP contribution is -2.63. The highest BCUT2D eigenvalue weighted by Crippen LogP contribution is 2.54. The second-order valence-electron chi connectivity index (χ2n) is 12.4. The molecule has 0 unspecified atom stereocenters. The van der Waals surface area contributed by atoms with Crippen LogP contribution in [-0.2, 0) is 28.7 Å². The topological polar surface area (TPSA) is 165 Å². The molecule has 1 amide bonds. The normalized spacial score (nSPS) is 26.5. The van der Waals surface area contributed by atoms with Crippen LogP contribution in [0.25, 0.3) is 0 Å². The summed E-state index contributed by atoms with van der Waals surface area (Å²) in [4.78, 5) is 42.4. The van der Waals surface area contributed by atoms with Crippen LogP contribution in [0.5, 0.6) is 5.75 Å². The number of fused-ring (bicyclic) bond motifs is 3. The maximum Gasteiger partial charge on any atom is 0.417 e. The van der Waals surface area contributed by atoms with Crippen molar-refractivity contribution in [2.45, 2.75) is 70.4 Å². The Balaban J connectivity index is 1.97. The lowest BCUT2D eigenvalue weighted by Gasteiger charge is -2.50. The highest BCUT2D eigenvalue weighted by Gasteiger charge is 2.63. The lowest BCUT2D eigenvalue weighted by molar-refractivity contribution is -0.148. The van der Waals surface area contributed by atoms with Crippen LogP contribution in [0, 0.1) is 11.8 Å². The SMILES string of the molecule is CCN(Cc1cc(O)c2c(c1C(F)(F)F)C[C@H]1C[C@H]3[C@H](N(C)C)C(O)=C(C(N)=O)C(=O)[C@@]3(O)C(O)=C1C2=O)C(C)(C)C. The van der Waals surface area contributed by atoms with Gasteiger partial charge in [-0.1, -0.05) is 6.92 Å². The standard InChI is InChI=1S/C29H36F3N3O7/c1-7-35(27(2,3)4)11-13-10-16(36)18-14(20(13)29(30,31)32)8-12-9-15-21(34(5)6)23(38)19(26(33)41)25(40)28(15,42)24(39)17(12)22(18)37/h10,12,15,21,36,38-39,42H,7-9,11H2,1-6H3,(H2,33,41)/t12-,15-,21-,28-/m0/s1. The van der Waals surface area contributed by atoms with Crippen LogP contribution in [0.15, 0.2) is 28.7 Å². The number of likely N-dealkylation sites (N-methyl/N-ethyl adjacent to an activating group) is 1. The number of hydrogen-bond donors (Lipinski definition) is 5. The van der Waals surface area contributed by atoms with Crippen LogP contribution in [0.4, 0.5) is 13.2 Å². The molecule has 3 aliphatic rings. The number of primary amides is 1. The molecule has 230 valence electrons. The zero-order chi connectivity index (χ0) is 31.9. The number of phenolic OH excluding ortho intramolecular Hbond substituents is 1. The van der Waals surface area contributed by atoms with Gasteiger partial charge in [0, 0.05) is 23.6 Å². The minimum atomic E-state index is -4.91. The van der Waals surface area contributed by atoms with E-state index in [0.29, 0.717) is 6.54 Å². The number of nitrogens with two attached hydrogens (primary N) is 1. The third-order valence-corrected chi connectivity index (χ3v) is 8.78. The van der Waals surface area contributed by atoms with E-state index in [1.54, 1.807) is 11.8 Å². The number of aliphatic hydroxyl groups excluding tert-OH is 2. The number of amides is 1. The summed E-state index contributed by atoms with van der Waals surface area (Å²) in [5.74, 6) is -9.04. The average molecular weight is 596 g/mol. The first-order valence-corrected chi connectivity index (χ1v) is 13.5. The third-order valence-electron chi connectivity index (χ3n) is 8.78. The van der Waals surface area contributed by atoms with Gasteiger partial charge in [-0.05, 0) is 77.4 Å². The van der Waals surface area contributed by atoms with Crippen molar-refractivity contribution in [3.63, 3.8) is 0 Å². The molecule has 0 spiro atoms. The number of alkyl halides is 3. The van der Waals surface area contributed by atoms with Crippen molar-refractivity contribution < 1.29 is 48.0 Å². The number of carbonyl (C=O) groups excluding carboxylic acids is 3. The molecular weight excluding hydrogens is 559 g/mol. The predicted molar refractivity (Wildman–Crippen MR) is 145 cm³/mol. The smallest absolute Gasteiger partial charge is 0.417 e. The number of ketones is 2. The van der Waals surface area contributed by atoms with E-state index in [9.17, 15) is 48.0 Å². The van der Waals surface area contributed by atoms with Gasteiger partial charge in [0.25, 0.3) is 5.91 Å². The Kier molecular flexibility index (Phi) is 7.57. The van der Waals surface area contributed by atoms with Crippen molar-refractivity contribution in [2.24, 2.45) is 17.6 Å². The van der Waals surface area contributed by atoms with Crippen molar-refractivity contribution >= 4 is 17.5 Å². The van der Waals surface area contributed by atoms with E-state index < -0.39 is 104 Å². The molecule has 10 nitrogen and oxygen atoms in total. The van der Waals surface area contributed by atoms with E-state index in [0.717, 1.165) is 6.07 Å². The minimum Gasteiger partial charge on any atom is -0.510 e. The monoisotopic (exact) mass is 595 g/mol. The Morgan fingerprint density at radius 1 is 1.14 bits per heavy atom. The number of nitrogens with zero attached hydrogens (tertiary/aromatic N) is 2. The Morgan fingerprint density at radius 3 is 2.21 bits per heavy atom. The predicted octanol–water partition coefficient (Wildman–Crippen LogP) is 2.76. The molecule has 3 aliphatic carbocycles. The number of allylic oxidation sites excluding steroid dienone is 1. The molecule has 6 N–H and O–H groups in total.